The van der Waals surface area contributed by atoms with Gasteiger partial charge in [0.15, 0.2) is 11.5 Å². The Balaban J connectivity index is 1.69. The Labute approximate surface area is 152 Å². The Morgan fingerprint density at radius 3 is 2.58 bits per heavy atom. The highest BCUT2D eigenvalue weighted by Crippen LogP contribution is 2.32. The molecule has 1 N–H and O–H groups in total. The van der Waals surface area contributed by atoms with Gasteiger partial charge in [-0.15, -0.1) is 0 Å². The molecule has 0 bridgehead atoms. The van der Waals surface area contributed by atoms with E-state index in [1.807, 2.05) is 18.2 Å². The summed E-state index contributed by atoms with van der Waals surface area (Å²) in [4.78, 5) is 12.4. The molecule has 0 fully saturated rings. The number of hydrogen-bond donors (Lipinski definition) is 1. The van der Waals surface area contributed by atoms with Crippen LogP contribution in [0.25, 0.3) is 0 Å². The lowest BCUT2D eigenvalue weighted by Gasteiger charge is -2.19. The summed E-state index contributed by atoms with van der Waals surface area (Å²) in [6, 6.07) is 10.4. The number of sulfonamides is 1. The van der Waals surface area contributed by atoms with Crippen LogP contribution in [0.5, 0.6) is 11.5 Å². The third kappa shape index (κ3) is 3.75. The van der Waals surface area contributed by atoms with Crippen LogP contribution < -0.4 is 19.1 Å². The van der Waals surface area contributed by atoms with Crippen molar-refractivity contribution in [3.8, 4) is 11.5 Å². The van der Waals surface area contributed by atoms with Crippen molar-refractivity contribution in [1.29, 1.82) is 0 Å². The van der Waals surface area contributed by atoms with Crippen LogP contribution in [0, 0.1) is 6.92 Å². The molecule has 0 saturated carbocycles. The summed E-state index contributed by atoms with van der Waals surface area (Å²) in [6.45, 7) is 2.32. The molecule has 0 unspecified atom stereocenters. The summed E-state index contributed by atoms with van der Waals surface area (Å²) < 4.78 is 35.1. The van der Waals surface area contributed by atoms with E-state index >= 15 is 0 Å². The molecule has 138 valence electrons. The number of fused-ring (bicyclic) bond motifs is 1. The van der Waals surface area contributed by atoms with Gasteiger partial charge < -0.3 is 14.8 Å². The molecule has 2 aromatic carbocycles. The van der Waals surface area contributed by atoms with Crippen molar-refractivity contribution in [2.75, 3.05) is 24.4 Å². The molecule has 1 aliphatic heterocycles. The van der Waals surface area contributed by atoms with Crippen molar-refractivity contribution in [3.05, 3.63) is 53.1 Å². The topological polar surface area (TPSA) is 84.9 Å². The number of carbonyl (C=O) groups excluding carboxylic acids is 1. The number of anilines is 1. The van der Waals surface area contributed by atoms with Crippen molar-refractivity contribution in [2.24, 2.45) is 0 Å². The summed E-state index contributed by atoms with van der Waals surface area (Å²) in [6.07, 6.45) is 1.14. The predicted octanol–water partition coefficient (Wildman–Crippen LogP) is 2.05. The molecule has 0 atom stereocenters. The lowest BCUT2D eigenvalue weighted by Crippen LogP contribution is -2.26. The molecule has 8 heteroatoms. The molecule has 0 saturated heterocycles. The summed E-state index contributed by atoms with van der Waals surface area (Å²) in [5, 5.41) is 2.85. The van der Waals surface area contributed by atoms with E-state index in [2.05, 4.69) is 5.32 Å². The second kappa shape index (κ2) is 6.87. The summed E-state index contributed by atoms with van der Waals surface area (Å²) in [5.41, 5.74) is 2.61. The monoisotopic (exact) mass is 376 g/mol. The molecule has 0 spiro atoms. The first-order chi connectivity index (χ1) is 12.3. The smallest absolute Gasteiger partial charge is 0.251 e. The van der Waals surface area contributed by atoms with E-state index in [0.717, 1.165) is 11.8 Å². The van der Waals surface area contributed by atoms with Crippen LogP contribution in [0.15, 0.2) is 36.4 Å². The summed E-state index contributed by atoms with van der Waals surface area (Å²) in [7, 11) is -1.87. The first kappa shape index (κ1) is 18.1. The maximum atomic E-state index is 12.4. The van der Waals surface area contributed by atoms with Crippen LogP contribution in [-0.4, -0.2) is 34.4 Å². The molecule has 2 aromatic rings. The van der Waals surface area contributed by atoms with Crippen molar-refractivity contribution < 1.29 is 22.7 Å². The van der Waals surface area contributed by atoms with Crippen LogP contribution >= 0.6 is 0 Å². The summed E-state index contributed by atoms with van der Waals surface area (Å²) >= 11 is 0. The Kier molecular flexibility index (Phi) is 4.78. The maximum Gasteiger partial charge on any atom is 0.251 e. The fraction of sp³-hybridized carbons (Fsp3) is 0.278. The van der Waals surface area contributed by atoms with E-state index < -0.39 is 10.0 Å². The minimum Gasteiger partial charge on any atom is -0.454 e. The highest BCUT2D eigenvalue weighted by Gasteiger charge is 2.16. The average Bonchev–Trinajstić information content (AvgIpc) is 3.05. The quantitative estimate of drug-likeness (QED) is 0.863. The van der Waals surface area contributed by atoms with E-state index in [1.54, 1.807) is 25.1 Å². The minimum absolute atomic E-state index is 0.207. The zero-order valence-electron chi connectivity index (χ0n) is 14.8. The van der Waals surface area contributed by atoms with E-state index in [1.165, 1.54) is 11.4 Å². The van der Waals surface area contributed by atoms with Gasteiger partial charge >= 0.3 is 0 Å². The molecule has 7 nitrogen and oxygen atoms in total. The Morgan fingerprint density at radius 2 is 1.88 bits per heavy atom. The van der Waals surface area contributed by atoms with Gasteiger partial charge in [0.1, 0.15) is 0 Å². The molecule has 1 amide bonds. The van der Waals surface area contributed by atoms with Gasteiger partial charge in [-0.2, -0.15) is 0 Å². The second-order valence-corrected chi connectivity index (χ2v) is 8.12. The number of ether oxygens (including phenoxy) is 2. The Morgan fingerprint density at radius 1 is 1.15 bits per heavy atom. The van der Waals surface area contributed by atoms with Gasteiger partial charge in [-0.05, 0) is 48.4 Å². The maximum absolute atomic E-state index is 12.4. The molecule has 1 heterocycles. The van der Waals surface area contributed by atoms with E-state index in [4.69, 9.17) is 9.47 Å². The van der Waals surface area contributed by atoms with Gasteiger partial charge in [-0.1, -0.05) is 6.07 Å². The Bertz CT molecular complexity index is 956. The number of nitrogens with zero attached hydrogens (tertiary/aromatic N) is 1. The first-order valence-corrected chi connectivity index (χ1v) is 9.82. The van der Waals surface area contributed by atoms with E-state index in [9.17, 15) is 13.2 Å². The predicted molar refractivity (Wildman–Crippen MR) is 98.2 cm³/mol. The van der Waals surface area contributed by atoms with Gasteiger partial charge in [-0.3, -0.25) is 9.10 Å². The number of hydrogen-bond acceptors (Lipinski definition) is 5. The van der Waals surface area contributed by atoms with E-state index in [0.29, 0.717) is 34.9 Å². The molecule has 0 aliphatic carbocycles. The van der Waals surface area contributed by atoms with Gasteiger partial charge in [-0.25, -0.2) is 8.42 Å². The van der Waals surface area contributed by atoms with Crippen LogP contribution in [0.1, 0.15) is 21.5 Å². The third-order valence-electron chi connectivity index (χ3n) is 4.19. The van der Waals surface area contributed by atoms with Gasteiger partial charge in [0.25, 0.3) is 5.91 Å². The highest BCUT2D eigenvalue weighted by atomic mass is 32.2. The lowest BCUT2D eigenvalue weighted by molar-refractivity contribution is 0.0950. The van der Waals surface area contributed by atoms with Crippen LogP contribution in [-0.2, 0) is 16.6 Å². The zero-order valence-corrected chi connectivity index (χ0v) is 15.6. The third-order valence-corrected chi connectivity index (χ3v) is 5.38. The summed E-state index contributed by atoms with van der Waals surface area (Å²) in [5.74, 6) is 1.13. The molecule has 0 aromatic heterocycles. The van der Waals surface area contributed by atoms with E-state index in [-0.39, 0.29) is 12.7 Å². The molecule has 0 radical (unpaired) electrons. The van der Waals surface area contributed by atoms with Crippen LogP contribution in [0.3, 0.4) is 0 Å². The fourth-order valence-electron chi connectivity index (χ4n) is 2.66. The molecule has 26 heavy (non-hydrogen) atoms. The highest BCUT2D eigenvalue weighted by molar-refractivity contribution is 7.92. The SMILES string of the molecule is Cc1cc(C(=O)NCc2ccc3c(c2)OCO3)ccc1N(C)S(C)(=O)=O. The molecule has 1 aliphatic rings. The Hall–Kier alpha value is -2.74. The van der Waals surface area contributed by atoms with Crippen molar-refractivity contribution in [3.63, 3.8) is 0 Å². The van der Waals surface area contributed by atoms with Gasteiger partial charge in [0.2, 0.25) is 16.8 Å². The normalized spacial score (nSPS) is 12.7. The van der Waals surface area contributed by atoms with Gasteiger partial charge in [0.05, 0.1) is 11.9 Å². The number of rotatable bonds is 5. The second-order valence-electron chi connectivity index (χ2n) is 6.10. The largest absolute Gasteiger partial charge is 0.454 e. The first-order valence-electron chi connectivity index (χ1n) is 7.97. The van der Waals surface area contributed by atoms with Crippen molar-refractivity contribution >= 4 is 21.6 Å². The number of benzene rings is 2. The molecular weight excluding hydrogens is 356 g/mol. The number of aryl methyl sites for hydroxylation is 1. The van der Waals surface area contributed by atoms with Crippen molar-refractivity contribution in [1.82, 2.24) is 5.32 Å². The zero-order chi connectivity index (χ0) is 18.9. The van der Waals surface area contributed by atoms with Crippen LogP contribution in [0.4, 0.5) is 5.69 Å². The minimum atomic E-state index is -3.35. The number of amides is 1. The van der Waals surface area contributed by atoms with Crippen molar-refractivity contribution in [2.45, 2.75) is 13.5 Å². The average molecular weight is 376 g/mol. The fourth-order valence-corrected chi connectivity index (χ4v) is 3.23. The van der Waals surface area contributed by atoms with Gasteiger partial charge in [0, 0.05) is 19.2 Å². The lowest BCUT2D eigenvalue weighted by atomic mass is 10.1. The molecular formula is C18H20N2O5S. The number of carbonyl (C=O) groups is 1. The molecule has 3 rings (SSSR count). The number of nitrogens with one attached hydrogen (secondary N) is 1. The standard InChI is InChI=1S/C18H20N2O5S/c1-12-8-14(5-6-15(12)20(2)26(3,22)23)18(21)19-10-13-4-7-16-17(9-13)25-11-24-16/h4-9H,10-11H2,1-3H3,(H,19,21). The van der Waals surface area contributed by atoms with Crippen LogP contribution in [0.2, 0.25) is 0 Å².